The first-order valence-electron chi connectivity index (χ1n) is 5.24. The molecule has 94 valence electrons. The largest absolute Gasteiger partial charge is 0.336 e. The molecule has 1 aliphatic heterocycles. The Hall–Kier alpha value is -0.590. The summed E-state index contributed by atoms with van der Waals surface area (Å²) < 4.78 is 22.2. The van der Waals surface area contributed by atoms with Crippen LogP contribution < -0.4 is 0 Å². The van der Waals surface area contributed by atoms with Gasteiger partial charge in [-0.3, -0.25) is 4.79 Å². The van der Waals surface area contributed by atoms with Gasteiger partial charge in [0.05, 0.1) is 5.56 Å². The van der Waals surface area contributed by atoms with Crippen LogP contribution in [0.5, 0.6) is 0 Å². The molecule has 1 aliphatic rings. The van der Waals surface area contributed by atoms with E-state index in [-0.39, 0.29) is 16.2 Å². The number of amides is 1. The van der Waals surface area contributed by atoms with Crippen molar-refractivity contribution in [3.05, 3.63) is 17.0 Å². The van der Waals surface area contributed by atoms with Crippen molar-refractivity contribution in [1.82, 2.24) is 4.90 Å². The van der Waals surface area contributed by atoms with Crippen LogP contribution in [0, 0.1) is 0 Å². The number of carbonyl (C=O) groups is 1. The molecule has 1 saturated heterocycles. The summed E-state index contributed by atoms with van der Waals surface area (Å²) >= 11 is 0.977. The maximum Gasteiger partial charge on any atom is 0.270 e. The minimum absolute atomic E-state index is 0.0226. The third-order valence-corrected chi connectivity index (χ3v) is 5.92. The van der Waals surface area contributed by atoms with E-state index < -0.39 is 9.05 Å². The Kier molecular flexibility index (Phi) is 3.47. The second-order valence-electron chi connectivity index (χ2n) is 4.08. The van der Waals surface area contributed by atoms with Crippen LogP contribution in [0.1, 0.15) is 30.1 Å². The SMILES string of the molecule is CC1CCCN1C(=O)c1csc(S(=O)(=O)Cl)c1. The number of nitrogens with zero attached hydrogens (tertiary/aromatic N) is 1. The van der Waals surface area contributed by atoms with Crippen LogP contribution in [0.25, 0.3) is 0 Å². The summed E-state index contributed by atoms with van der Waals surface area (Å²) in [7, 11) is 1.49. The Bertz CT molecular complexity index is 538. The van der Waals surface area contributed by atoms with E-state index in [0.29, 0.717) is 5.56 Å². The Morgan fingerprint density at radius 2 is 2.29 bits per heavy atom. The number of halogens is 1. The molecule has 2 rings (SSSR count). The topological polar surface area (TPSA) is 54.5 Å². The second kappa shape index (κ2) is 4.59. The molecule has 0 spiro atoms. The van der Waals surface area contributed by atoms with Gasteiger partial charge in [0.2, 0.25) is 0 Å². The Labute approximate surface area is 109 Å². The maximum atomic E-state index is 12.1. The lowest BCUT2D eigenvalue weighted by molar-refractivity contribution is 0.0748. The molecule has 0 saturated carbocycles. The molecule has 1 aromatic rings. The van der Waals surface area contributed by atoms with Gasteiger partial charge in [-0.2, -0.15) is 0 Å². The first-order chi connectivity index (χ1) is 7.89. The summed E-state index contributed by atoms with van der Waals surface area (Å²) in [6.07, 6.45) is 1.99. The molecule has 1 fully saturated rings. The Morgan fingerprint density at radius 1 is 1.59 bits per heavy atom. The van der Waals surface area contributed by atoms with E-state index in [0.717, 1.165) is 30.7 Å². The molecular weight excluding hydrogens is 282 g/mol. The molecule has 4 nitrogen and oxygen atoms in total. The third-order valence-electron chi connectivity index (χ3n) is 2.88. The lowest BCUT2D eigenvalue weighted by Gasteiger charge is -2.20. The van der Waals surface area contributed by atoms with Gasteiger partial charge in [0, 0.05) is 28.6 Å². The highest BCUT2D eigenvalue weighted by Gasteiger charge is 2.27. The van der Waals surface area contributed by atoms with E-state index in [1.807, 2.05) is 6.92 Å². The number of likely N-dealkylation sites (tertiary alicyclic amines) is 1. The van der Waals surface area contributed by atoms with Gasteiger partial charge in [-0.05, 0) is 25.8 Å². The summed E-state index contributed by atoms with van der Waals surface area (Å²) in [5, 5.41) is 1.54. The summed E-state index contributed by atoms with van der Waals surface area (Å²) in [5.74, 6) is -0.113. The van der Waals surface area contributed by atoms with Gasteiger partial charge in [-0.1, -0.05) is 0 Å². The molecule has 7 heteroatoms. The molecule has 17 heavy (non-hydrogen) atoms. The van der Waals surface area contributed by atoms with Crippen molar-refractivity contribution in [2.45, 2.75) is 30.0 Å². The predicted octanol–water partition coefficient (Wildman–Crippen LogP) is 2.30. The number of thiophene rings is 1. The standard InChI is InChI=1S/C10H12ClNO3S2/c1-7-3-2-4-12(7)10(13)8-5-9(16-6-8)17(11,14)15/h5-7H,2-4H2,1H3. The van der Waals surface area contributed by atoms with Gasteiger partial charge >= 0.3 is 0 Å². The summed E-state index contributed by atoms with van der Waals surface area (Å²) in [4.78, 5) is 13.9. The number of carbonyl (C=O) groups excluding carboxylic acids is 1. The van der Waals surface area contributed by atoms with Crippen LogP contribution in [-0.2, 0) is 9.05 Å². The van der Waals surface area contributed by atoms with Gasteiger partial charge in [0.1, 0.15) is 4.21 Å². The summed E-state index contributed by atoms with van der Waals surface area (Å²) in [5.41, 5.74) is 0.406. The van der Waals surface area contributed by atoms with Crippen LogP contribution in [0.4, 0.5) is 0 Å². The first-order valence-corrected chi connectivity index (χ1v) is 8.42. The van der Waals surface area contributed by atoms with Gasteiger partial charge in [0.15, 0.2) is 0 Å². The molecular formula is C10H12ClNO3S2. The van der Waals surface area contributed by atoms with Crippen molar-refractivity contribution in [3.63, 3.8) is 0 Å². The minimum Gasteiger partial charge on any atom is -0.336 e. The molecule has 0 aliphatic carbocycles. The molecule has 1 amide bonds. The van der Waals surface area contributed by atoms with Crippen LogP contribution >= 0.6 is 22.0 Å². The molecule has 0 radical (unpaired) electrons. The van der Waals surface area contributed by atoms with Crippen molar-refractivity contribution < 1.29 is 13.2 Å². The van der Waals surface area contributed by atoms with Crippen molar-refractivity contribution in [2.24, 2.45) is 0 Å². The fraction of sp³-hybridized carbons (Fsp3) is 0.500. The zero-order chi connectivity index (χ0) is 12.6. The van der Waals surface area contributed by atoms with Crippen molar-refractivity contribution in [1.29, 1.82) is 0 Å². The van der Waals surface area contributed by atoms with E-state index in [1.54, 1.807) is 10.3 Å². The molecule has 2 heterocycles. The Morgan fingerprint density at radius 3 is 2.76 bits per heavy atom. The van der Waals surface area contributed by atoms with Crippen molar-refractivity contribution >= 4 is 37.0 Å². The van der Waals surface area contributed by atoms with Gasteiger partial charge in [-0.15, -0.1) is 11.3 Å². The zero-order valence-electron chi connectivity index (χ0n) is 9.22. The zero-order valence-corrected chi connectivity index (χ0v) is 11.6. The van der Waals surface area contributed by atoms with Gasteiger partial charge in [-0.25, -0.2) is 8.42 Å². The molecule has 1 unspecified atom stereocenters. The summed E-state index contributed by atoms with van der Waals surface area (Å²) in [6.45, 7) is 2.73. The Balaban J connectivity index is 2.23. The van der Waals surface area contributed by atoms with Crippen LogP contribution in [0.3, 0.4) is 0 Å². The van der Waals surface area contributed by atoms with E-state index in [1.165, 1.54) is 6.07 Å². The average molecular weight is 294 g/mol. The van der Waals surface area contributed by atoms with Gasteiger partial charge < -0.3 is 4.90 Å². The van der Waals surface area contributed by atoms with E-state index >= 15 is 0 Å². The van der Waals surface area contributed by atoms with Crippen LogP contribution in [-0.4, -0.2) is 31.8 Å². The lowest BCUT2D eigenvalue weighted by atomic mass is 10.2. The molecule has 0 bridgehead atoms. The van der Waals surface area contributed by atoms with E-state index in [4.69, 9.17) is 10.7 Å². The highest BCUT2D eigenvalue weighted by atomic mass is 35.7. The normalized spacial score (nSPS) is 20.8. The fourth-order valence-corrected chi connectivity index (χ4v) is 3.90. The number of hydrogen-bond acceptors (Lipinski definition) is 4. The molecule has 1 atom stereocenters. The second-order valence-corrected chi connectivity index (χ2v) is 7.79. The minimum atomic E-state index is -3.73. The van der Waals surface area contributed by atoms with Crippen LogP contribution in [0.2, 0.25) is 0 Å². The molecule has 0 N–H and O–H groups in total. The number of hydrogen-bond donors (Lipinski definition) is 0. The number of rotatable bonds is 2. The smallest absolute Gasteiger partial charge is 0.270 e. The highest BCUT2D eigenvalue weighted by Crippen LogP contribution is 2.26. The van der Waals surface area contributed by atoms with Crippen LogP contribution in [0.15, 0.2) is 15.7 Å². The quantitative estimate of drug-likeness (QED) is 0.786. The maximum absolute atomic E-state index is 12.1. The van der Waals surface area contributed by atoms with E-state index in [2.05, 4.69) is 0 Å². The first kappa shape index (κ1) is 12.9. The summed E-state index contributed by atoms with van der Waals surface area (Å²) in [6, 6.07) is 1.57. The predicted molar refractivity (Wildman–Crippen MR) is 67.1 cm³/mol. The molecule has 0 aromatic carbocycles. The monoisotopic (exact) mass is 293 g/mol. The van der Waals surface area contributed by atoms with Gasteiger partial charge in [0.25, 0.3) is 15.0 Å². The van der Waals surface area contributed by atoms with Crippen molar-refractivity contribution in [3.8, 4) is 0 Å². The van der Waals surface area contributed by atoms with E-state index in [9.17, 15) is 13.2 Å². The fourth-order valence-electron chi connectivity index (χ4n) is 1.96. The lowest BCUT2D eigenvalue weighted by Crippen LogP contribution is -2.33. The third kappa shape index (κ3) is 2.64. The molecule has 1 aromatic heterocycles. The van der Waals surface area contributed by atoms with Crippen molar-refractivity contribution in [2.75, 3.05) is 6.54 Å². The highest BCUT2D eigenvalue weighted by molar-refractivity contribution is 8.15. The average Bonchev–Trinajstić information content (AvgIpc) is 2.83.